The number of rotatable bonds is 2. The molecule has 17 heavy (non-hydrogen) atoms. The van der Waals surface area contributed by atoms with Crippen LogP contribution >= 0.6 is 0 Å². The summed E-state index contributed by atoms with van der Waals surface area (Å²) in [5.74, 6) is 0.136. The second kappa shape index (κ2) is 4.49. The van der Waals surface area contributed by atoms with Crippen molar-refractivity contribution >= 4 is 0 Å². The maximum Gasteiger partial charge on any atom is 0.213 e. The number of nitrogens with zero attached hydrogens (tertiary/aromatic N) is 2. The van der Waals surface area contributed by atoms with Crippen molar-refractivity contribution in [2.24, 2.45) is 0 Å². The van der Waals surface area contributed by atoms with Gasteiger partial charge >= 0.3 is 0 Å². The zero-order valence-electron chi connectivity index (χ0n) is 9.99. The van der Waals surface area contributed by atoms with Gasteiger partial charge in [-0.3, -0.25) is 4.98 Å². The summed E-state index contributed by atoms with van der Waals surface area (Å²) in [6.45, 7) is 3.67. The lowest BCUT2D eigenvalue weighted by Gasteiger charge is -2.07. The van der Waals surface area contributed by atoms with Gasteiger partial charge in [-0.05, 0) is 31.5 Å². The van der Waals surface area contributed by atoms with Crippen LogP contribution < -0.4 is 4.74 Å². The molecule has 0 radical (unpaired) electrons. The van der Waals surface area contributed by atoms with Crippen LogP contribution in [0.25, 0.3) is 11.1 Å². The van der Waals surface area contributed by atoms with E-state index in [1.165, 1.54) is 6.20 Å². The molecule has 0 aliphatic heterocycles. The van der Waals surface area contributed by atoms with Crippen molar-refractivity contribution in [1.82, 2.24) is 9.97 Å². The van der Waals surface area contributed by atoms with E-state index in [-0.39, 0.29) is 5.82 Å². The van der Waals surface area contributed by atoms with E-state index in [1.54, 1.807) is 19.2 Å². The van der Waals surface area contributed by atoms with Crippen molar-refractivity contribution < 1.29 is 9.13 Å². The summed E-state index contributed by atoms with van der Waals surface area (Å²) in [7, 11) is 1.54. The van der Waals surface area contributed by atoms with Crippen molar-refractivity contribution in [3.63, 3.8) is 0 Å². The van der Waals surface area contributed by atoms with Gasteiger partial charge in [-0.15, -0.1) is 0 Å². The molecule has 88 valence electrons. The minimum atomic E-state index is -0.344. The molecule has 0 saturated carbocycles. The third kappa shape index (κ3) is 2.41. The average molecular weight is 232 g/mol. The Balaban J connectivity index is 2.59. The summed E-state index contributed by atoms with van der Waals surface area (Å²) >= 11 is 0. The van der Waals surface area contributed by atoms with Gasteiger partial charge in [-0.25, -0.2) is 9.37 Å². The SMILES string of the molecule is COc1cc(-c2cc(C)ncc2F)cc(C)n1. The third-order valence-corrected chi connectivity index (χ3v) is 2.44. The van der Waals surface area contributed by atoms with E-state index < -0.39 is 0 Å². The standard InChI is InChI=1S/C13H13FN2O/c1-8-5-11(12(14)7-15-8)10-4-9(2)16-13(6-10)17-3/h4-7H,1-3H3. The fourth-order valence-corrected chi connectivity index (χ4v) is 1.66. The Kier molecular flexibility index (Phi) is 3.04. The molecule has 0 aromatic carbocycles. The first kappa shape index (κ1) is 11.5. The Morgan fingerprint density at radius 2 is 1.88 bits per heavy atom. The number of aryl methyl sites for hydroxylation is 2. The Hall–Kier alpha value is -1.97. The van der Waals surface area contributed by atoms with Crippen LogP contribution in [-0.2, 0) is 0 Å². The van der Waals surface area contributed by atoms with Crippen molar-refractivity contribution in [2.45, 2.75) is 13.8 Å². The lowest BCUT2D eigenvalue weighted by atomic mass is 10.1. The van der Waals surface area contributed by atoms with E-state index in [4.69, 9.17) is 4.74 Å². The number of ether oxygens (including phenoxy) is 1. The van der Waals surface area contributed by atoms with E-state index in [0.717, 1.165) is 17.0 Å². The number of aromatic nitrogens is 2. The Bertz CT molecular complexity index is 555. The highest BCUT2D eigenvalue weighted by atomic mass is 19.1. The normalized spacial score (nSPS) is 10.4. The minimum Gasteiger partial charge on any atom is -0.481 e. The Morgan fingerprint density at radius 3 is 2.59 bits per heavy atom. The van der Waals surface area contributed by atoms with Gasteiger partial charge in [0, 0.05) is 23.0 Å². The lowest BCUT2D eigenvalue weighted by molar-refractivity contribution is 0.397. The van der Waals surface area contributed by atoms with Gasteiger partial charge in [-0.1, -0.05) is 0 Å². The van der Waals surface area contributed by atoms with Crippen molar-refractivity contribution in [3.05, 3.63) is 41.6 Å². The molecule has 0 aliphatic carbocycles. The highest BCUT2D eigenvalue weighted by Gasteiger charge is 2.08. The van der Waals surface area contributed by atoms with Gasteiger partial charge in [-0.2, -0.15) is 0 Å². The van der Waals surface area contributed by atoms with Gasteiger partial charge in [0.05, 0.1) is 13.3 Å². The van der Waals surface area contributed by atoms with E-state index in [1.807, 2.05) is 19.9 Å². The van der Waals surface area contributed by atoms with Gasteiger partial charge in [0.15, 0.2) is 0 Å². The van der Waals surface area contributed by atoms with Crippen LogP contribution in [0.5, 0.6) is 5.88 Å². The van der Waals surface area contributed by atoms with E-state index in [2.05, 4.69) is 9.97 Å². The maximum absolute atomic E-state index is 13.7. The number of methoxy groups -OCH3 is 1. The van der Waals surface area contributed by atoms with E-state index in [0.29, 0.717) is 11.4 Å². The van der Waals surface area contributed by atoms with Gasteiger partial charge in [0.25, 0.3) is 0 Å². The topological polar surface area (TPSA) is 35.0 Å². The van der Waals surface area contributed by atoms with Crippen molar-refractivity contribution in [2.75, 3.05) is 7.11 Å². The molecule has 0 fully saturated rings. The second-order valence-electron chi connectivity index (χ2n) is 3.85. The Morgan fingerprint density at radius 1 is 1.12 bits per heavy atom. The van der Waals surface area contributed by atoms with Gasteiger partial charge < -0.3 is 4.74 Å². The average Bonchev–Trinajstić information content (AvgIpc) is 2.31. The number of hydrogen-bond donors (Lipinski definition) is 0. The van der Waals surface area contributed by atoms with E-state index in [9.17, 15) is 4.39 Å². The van der Waals surface area contributed by atoms with Crippen LogP contribution in [0.3, 0.4) is 0 Å². The molecule has 0 atom stereocenters. The second-order valence-corrected chi connectivity index (χ2v) is 3.85. The predicted octanol–water partition coefficient (Wildman–Crippen LogP) is 2.91. The maximum atomic E-state index is 13.7. The Labute approximate surface area is 99.3 Å². The largest absolute Gasteiger partial charge is 0.481 e. The molecule has 3 nitrogen and oxygen atoms in total. The number of hydrogen-bond acceptors (Lipinski definition) is 3. The summed E-state index contributed by atoms with van der Waals surface area (Å²) in [4.78, 5) is 8.08. The fraction of sp³-hybridized carbons (Fsp3) is 0.231. The van der Waals surface area contributed by atoms with Crippen LogP contribution in [0.1, 0.15) is 11.4 Å². The highest BCUT2D eigenvalue weighted by molar-refractivity contribution is 5.65. The summed E-state index contributed by atoms with van der Waals surface area (Å²) in [5.41, 5.74) is 2.82. The summed E-state index contributed by atoms with van der Waals surface area (Å²) < 4.78 is 18.8. The molecule has 0 spiro atoms. The molecule has 4 heteroatoms. The highest BCUT2D eigenvalue weighted by Crippen LogP contribution is 2.26. The molecule has 0 bridgehead atoms. The first-order valence-corrected chi connectivity index (χ1v) is 5.25. The first-order chi connectivity index (χ1) is 8.10. The summed E-state index contributed by atoms with van der Waals surface area (Å²) in [6.07, 6.45) is 1.23. The fourth-order valence-electron chi connectivity index (χ4n) is 1.66. The minimum absolute atomic E-state index is 0.344. The van der Waals surface area contributed by atoms with Crippen LogP contribution in [-0.4, -0.2) is 17.1 Å². The molecule has 2 heterocycles. The van der Waals surface area contributed by atoms with Crippen LogP contribution in [0.2, 0.25) is 0 Å². The van der Waals surface area contributed by atoms with Crippen molar-refractivity contribution in [3.8, 4) is 17.0 Å². The zero-order valence-corrected chi connectivity index (χ0v) is 9.99. The van der Waals surface area contributed by atoms with Gasteiger partial charge in [0.2, 0.25) is 5.88 Å². The lowest BCUT2D eigenvalue weighted by Crippen LogP contribution is -1.94. The summed E-state index contributed by atoms with van der Waals surface area (Å²) in [6, 6.07) is 5.24. The molecular formula is C13H13FN2O. The third-order valence-electron chi connectivity index (χ3n) is 2.44. The monoisotopic (exact) mass is 232 g/mol. The van der Waals surface area contributed by atoms with Crippen LogP contribution in [0, 0.1) is 19.7 Å². The quantitative estimate of drug-likeness (QED) is 0.798. The van der Waals surface area contributed by atoms with Crippen molar-refractivity contribution in [1.29, 1.82) is 0 Å². The smallest absolute Gasteiger partial charge is 0.213 e. The molecular weight excluding hydrogens is 219 g/mol. The molecule has 0 unspecified atom stereocenters. The number of halogens is 1. The summed E-state index contributed by atoms with van der Waals surface area (Å²) in [5, 5.41) is 0. The van der Waals surface area contributed by atoms with E-state index >= 15 is 0 Å². The molecule has 0 aliphatic rings. The predicted molar refractivity (Wildman–Crippen MR) is 63.5 cm³/mol. The molecule has 2 aromatic rings. The number of pyridine rings is 2. The molecule has 0 amide bonds. The van der Waals surface area contributed by atoms with Crippen LogP contribution in [0.4, 0.5) is 4.39 Å². The zero-order chi connectivity index (χ0) is 12.4. The molecule has 0 N–H and O–H groups in total. The van der Waals surface area contributed by atoms with Crippen LogP contribution in [0.15, 0.2) is 24.4 Å². The molecule has 2 rings (SSSR count). The molecule has 0 saturated heterocycles. The first-order valence-electron chi connectivity index (χ1n) is 5.25. The molecule has 2 aromatic heterocycles. The van der Waals surface area contributed by atoms with Gasteiger partial charge in [0.1, 0.15) is 5.82 Å².